The van der Waals surface area contributed by atoms with Crippen molar-refractivity contribution in [1.82, 2.24) is 19.9 Å². The van der Waals surface area contributed by atoms with Crippen LogP contribution < -0.4 is 10.2 Å². The first kappa shape index (κ1) is 19.6. The van der Waals surface area contributed by atoms with Gasteiger partial charge in [0.1, 0.15) is 11.6 Å². The minimum atomic E-state index is -0.160. The van der Waals surface area contributed by atoms with Crippen molar-refractivity contribution >= 4 is 39.1 Å². The van der Waals surface area contributed by atoms with E-state index in [1.807, 2.05) is 55.6 Å². The molecule has 31 heavy (non-hydrogen) atoms. The summed E-state index contributed by atoms with van der Waals surface area (Å²) in [6.07, 6.45) is 2.64. The molecular formula is C23H22N6OS. The third kappa shape index (κ3) is 3.98. The molecule has 0 unspecified atom stereocenters. The predicted octanol–water partition coefficient (Wildman–Crippen LogP) is 4.34. The van der Waals surface area contributed by atoms with Crippen molar-refractivity contribution in [3.63, 3.8) is 0 Å². The lowest BCUT2D eigenvalue weighted by molar-refractivity contribution is 0.102. The van der Waals surface area contributed by atoms with Crippen LogP contribution >= 0.6 is 11.3 Å². The number of benzene rings is 1. The lowest BCUT2D eigenvalue weighted by atomic mass is 9.99. The van der Waals surface area contributed by atoms with Gasteiger partial charge in [-0.1, -0.05) is 18.2 Å². The monoisotopic (exact) mass is 430 g/mol. The van der Waals surface area contributed by atoms with Gasteiger partial charge in [0.25, 0.3) is 5.91 Å². The molecule has 4 heterocycles. The summed E-state index contributed by atoms with van der Waals surface area (Å²) in [6.45, 7) is 5.62. The smallest absolute Gasteiger partial charge is 0.258 e. The summed E-state index contributed by atoms with van der Waals surface area (Å²) < 4.78 is 0. The fourth-order valence-electron chi connectivity index (χ4n) is 4.11. The van der Waals surface area contributed by atoms with E-state index >= 15 is 0 Å². The molecule has 0 bridgehead atoms. The number of nitrogens with zero attached hydrogens (tertiary/aromatic N) is 5. The Hall–Kier alpha value is -3.39. The number of aromatic nitrogens is 4. The molecule has 0 aliphatic carbocycles. The molecule has 1 fully saturated rings. The molecular weight excluding hydrogens is 408 g/mol. The van der Waals surface area contributed by atoms with E-state index in [0.717, 1.165) is 53.4 Å². The standard InChI is InChI=1S/C23H22N6OS/c1-14-11-21(26-15(2)25-14)29-9-7-16(13-29)20-12-18(17-5-3-4-6-19(17)27-20)22(30)28-23-24-8-10-31-23/h3-6,8,10-12,16H,7,9,13H2,1-2H3,(H,24,28,30)/t16-/m1/s1. The zero-order chi connectivity index (χ0) is 21.4. The fourth-order valence-corrected chi connectivity index (χ4v) is 4.64. The summed E-state index contributed by atoms with van der Waals surface area (Å²) in [5.41, 5.74) is 3.36. The number of amides is 1. The second kappa shape index (κ2) is 8.03. The predicted molar refractivity (Wildman–Crippen MR) is 123 cm³/mol. The lowest BCUT2D eigenvalue weighted by Gasteiger charge is -2.18. The molecule has 4 aromatic rings. The Labute approximate surface area is 184 Å². The minimum absolute atomic E-state index is 0.160. The van der Waals surface area contributed by atoms with Crippen LogP contribution in [0.15, 0.2) is 48.0 Å². The van der Waals surface area contributed by atoms with Crippen LogP contribution in [0, 0.1) is 13.8 Å². The van der Waals surface area contributed by atoms with E-state index in [4.69, 9.17) is 4.98 Å². The number of pyridine rings is 1. The van der Waals surface area contributed by atoms with Gasteiger partial charge in [-0.05, 0) is 32.4 Å². The van der Waals surface area contributed by atoms with Gasteiger partial charge in [-0.15, -0.1) is 11.3 Å². The number of para-hydroxylation sites is 1. The molecule has 1 aliphatic rings. The molecule has 0 saturated carbocycles. The van der Waals surface area contributed by atoms with Gasteiger partial charge in [0.15, 0.2) is 5.13 Å². The highest BCUT2D eigenvalue weighted by Gasteiger charge is 2.27. The highest BCUT2D eigenvalue weighted by atomic mass is 32.1. The molecule has 1 N–H and O–H groups in total. The Bertz CT molecular complexity index is 1240. The van der Waals surface area contributed by atoms with Gasteiger partial charge < -0.3 is 4.90 Å². The van der Waals surface area contributed by atoms with Crippen LogP contribution in [0.5, 0.6) is 0 Å². The SMILES string of the molecule is Cc1cc(N2CC[C@@H](c3cc(C(=O)Nc4nccs4)c4ccccc4n3)C2)nc(C)n1. The molecule has 7 nitrogen and oxygen atoms in total. The zero-order valence-corrected chi connectivity index (χ0v) is 18.2. The van der Waals surface area contributed by atoms with Crippen molar-refractivity contribution in [1.29, 1.82) is 0 Å². The van der Waals surface area contributed by atoms with Crippen LogP contribution in [-0.4, -0.2) is 38.9 Å². The largest absolute Gasteiger partial charge is 0.356 e. The second-order valence-electron chi connectivity index (χ2n) is 7.75. The van der Waals surface area contributed by atoms with E-state index < -0.39 is 0 Å². The van der Waals surface area contributed by atoms with Crippen LogP contribution in [0.4, 0.5) is 10.9 Å². The Morgan fingerprint density at radius 2 is 2.03 bits per heavy atom. The van der Waals surface area contributed by atoms with Crippen LogP contribution in [0.1, 0.15) is 39.9 Å². The number of carbonyl (C=O) groups is 1. The van der Waals surface area contributed by atoms with Crippen LogP contribution in [0.3, 0.4) is 0 Å². The first-order valence-electron chi connectivity index (χ1n) is 10.2. The van der Waals surface area contributed by atoms with Crippen LogP contribution in [0.25, 0.3) is 10.9 Å². The summed E-state index contributed by atoms with van der Waals surface area (Å²) >= 11 is 1.40. The van der Waals surface area contributed by atoms with Gasteiger partial charge >= 0.3 is 0 Å². The molecule has 5 rings (SSSR count). The zero-order valence-electron chi connectivity index (χ0n) is 17.4. The third-order valence-corrected chi connectivity index (χ3v) is 6.20. The third-order valence-electron chi connectivity index (χ3n) is 5.52. The Balaban J connectivity index is 1.47. The Morgan fingerprint density at radius 1 is 1.16 bits per heavy atom. The first-order valence-corrected chi connectivity index (χ1v) is 11.1. The molecule has 1 aromatic carbocycles. The maximum atomic E-state index is 13.1. The fraction of sp³-hybridized carbons (Fsp3) is 0.261. The summed E-state index contributed by atoms with van der Waals surface area (Å²) in [7, 11) is 0. The van der Waals surface area contributed by atoms with E-state index in [1.165, 1.54) is 11.3 Å². The van der Waals surface area contributed by atoms with E-state index in [-0.39, 0.29) is 11.8 Å². The van der Waals surface area contributed by atoms with Crippen LogP contribution in [-0.2, 0) is 0 Å². The summed E-state index contributed by atoms with van der Waals surface area (Å²) in [6, 6.07) is 11.8. The van der Waals surface area contributed by atoms with Crippen molar-refractivity contribution in [3.8, 4) is 0 Å². The Kier molecular flexibility index (Phi) is 5.07. The van der Waals surface area contributed by atoms with Gasteiger partial charge in [-0.25, -0.2) is 15.0 Å². The maximum absolute atomic E-state index is 13.1. The molecule has 8 heteroatoms. The molecule has 1 aliphatic heterocycles. The molecule has 1 atom stereocenters. The topological polar surface area (TPSA) is 83.9 Å². The molecule has 1 saturated heterocycles. The summed E-state index contributed by atoms with van der Waals surface area (Å²) in [5.74, 6) is 1.80. The number of anilines is 2. The van der Waals surface area contributed by atoms with Crippen molar-refractivity contribution in [2.45, 2.75) is 26.2 Å². The van der Waals surface area contributed by atoms with Gasteiger partial charge in [0.05, 0.1) is 11.1 Å². The maximum Gasteiger partial charge on any atom is 0.258 e. The quantitative estimate of drug-likeness (QED) is 0.518. The van der Waals surface area contributed by atoms with Crippen molar-refractivity contribution in [2.24, 2.45) is 0 Å². The minimum Gasteiger partial charge on any atom is -0.356 e. The highest BCUT2D eigenvalue weighted by molar-refractivity contribution is 7.13. The number of fused-ring (bicyclic) bond motifs is 1. The molecule has 156 valence electrons. The second-order valence-corrected chi connectivity index (χ2v) is 8.64. The highest BCUT2D eigenvalue weighted by Crippen LogP contribution is 2.32. The van der Waals surface area contributed by atoms with Gasteiger partial charge in [0.2, 0.25) is 0 Å². The average molecular weight is 431 g/mol. The van der Waals surface area contributed by atoms with Gasteiger partial charge in [0, 0.05) is 53.4 Å². The van der Waals surface area contributed by atoms with Crippen molar-refractivity contribution < 1.29 is 4.79 Å². The Morgan fingerprint density at radius 3 is 2.84 bits per heavy atom. The number of hydrogen-bond acceptors (Lipinski definition) is 7. The van der Waals surface area contributed by atoms with Gasteiger partial charge in [-0.2, -0.15) is 0 Å². The van der Waals surface area contributed by atoms with Gasteiger partial charge in [-0.3, -0.25) is 15.1 Å². The van der Waals surface area contributed by atoms with E-state index in [2.05, 4.69) is 25.2 Å². The lowest BCUT2D eigenvalue weighted by Crippen LogP contribution is -2.21. The molecule has 0 spiro atoms. The normalized spacial score (nSPS) is 16.1. The van der Waals surface area contributed by atoms with Crippen molar-refractivity contribution in [2.75, 3.05) is 23.3 Å². The number of carbonyl (C=O) groups excluding carboxylic acids is 1. The number of rotatable bonds is 4. The number of hydrogen-bond donors (Lipinski definition) is 1. The summed E-state index contributed by atoms with van der Waals surface area (Å²) in [4.78, 5) is 33.4. The number of aryl methyl sites for hydroxylation is 2. The first-order chi connectivity index (χ1) is 15.1. The molecule has 3 aromatic heterocycles. The van der Waals surface area contributed by atoms with Crippen LogP contribution in [0.2, 0.25) is 0 Å². The van der Waals surface area contributed by atoms with E-state index in [0.29, 0.717) is 10.7 Å². The van der Waals surface area contributed by atoms with E-state index in [9.17, 15) is 4.79 Å². The van der Waals surface area contributed by atoms with E-state index in [1.54, 1.807) is 6.20 Å². The average Bonchev–Trinajstić information content (AvgIpc) is 3.44. The van der Waals surface area contributed by atoms with Crippen molar-refractivity contribution in [3.05, 3.63) is 70.8 Å². The molecule has 0 radical (unpaired) electrons. The number of thiazole rings is 1. The number of nitrogens with one attached hydrogen (secondary N) is 1. The molecule has 1 amide bonds. The summed E-state index contributed by atoms with van der Waals surface area (Å²) in [5, 5.41) is 6.19.